The Labute approximate surface area is 166 Å². The van der Waals surface area contributed by atoms with Crippen molar-refractivity contribution in [2.45, 2.75) is 50.7 Å². The second kappa shape index (κ2) is 9.35. The van der Waals surface area contributed by atoms with Crippen LogP contribution in [0.5, 0.6) is 0 Å². The number of rotatable bonds is 5. The summed E-state index contributed by atoms with van der Waals surface area (Å²) in [5.74, 6) is 1.50. The number of halogens is 2. The van der Waals surface area contributed by atoms with Gasteiger partial charge in [-0.05, 0) is 49.3 Å². The van der Waals surface area contributed by atoms with Gasteiger partial charge in [-0.2, -0.15) is 0 Å². The average Bonchev–Trinajstić information content (AvgIpc) is 3.23. The molecular weight excluding hydrogens is 373 g/mol. The highest BCUT2D eigenvalue weighted by Gasteiger charge is 2.34. The normalized spacial score (nSPS) is 23.6. The van der Waals surface area contributed by atoms with Gasteiger partial charge < -0.3 is 10.6 Å². The van der Waals surface area contributed by atoms with Crippen LogP contribution in [0.25, 0.3) is 5.82 Å². The number of aromatic nitrogens is 3. The average molecular weight is 398 g/mol. The summed E-state index contributed by atoms with van der Waals surface area (Å²) in [6.07, 6.45) is 12.5. The van der Waals surface area contributed by atoms with Crippen LogP contribution in [-0.4, -0.2) is 32.5 Å². The van der Waals surface area contributed by atoms with E-state index in [1.807, 2.05) is 22.9 Å². The van der Waals surface area contributed by atoms with Gasteiger partial charge in [0.1, 0.15) is 12.1 Å². The summed E-state index contributed by atoms with van der Waals surface area (Å²) in [6, 6.07) is 5.19. The number of imidazole rings is 1. The smallest absolute Gasteiger partial charge is 0.220 e. The number of pyridine rings is 1. The van der Waals surface area contributed by atoms with E-state index in [-0.39, 0.29) is 30.7 Å². The van der Waals surface area contributed by atoms with Gasteiger partial charge in [-0.15, -0.1) is 24.8 Å². The van der Waals surface area contributed by atoms with Crippen molar-refractivity contribution < 1.29 is 4.79 Å². The summed E-state index contributed by atoms with van der Waals surface area (Å²) >= 11 is 0. The Morgan fingerprint density at radius 1 is 1.23 bits per heavy atom. The third kappa shape index (κ3) is 4.96. The molecule has 6 nitrogen and oxygen atoms in total. The van der Waals surface area contributed by atoms with Gasteiger partial charge in [-0.3, -0.25) is 9.36 Å². The summed E-state index contributed by atoms with van der Waals surface area (Å²) < 4.78 is 1.86. The summed E-state index contributed by atoms with van der Waals surface area (Å²) in [7, 11) is 0. The van der Waals surface area contributed by atoms with Crippen LogP contribution in [-0.2, 0) is 11.3 Å². The third-order valence-electron chi connectivity index (χ3n) is 5.11. The predicted molar refractivity (Wildman–Crippen MR) is 105 cm³/mol. The van der Waals surface area contributed by atoms with E-state index >= 15 is 0 Å². The van der Waals surface area contributed by atoms with E-state index in [1.54, 1.807) is 18.7 Å². The Bertz CT molecular complexity index is 697. The number of amides is 1. The predicted octanol–water partition coefficient (Wildman–Crippen LogP) is 2.65. The number of nitrogens with zero attached hydrogens (tertiary/aromatic N) is 3. The van der Waals surface area contributed by atoms with Gasteiger partial charge in [0.15, 0.2) is 0 Å². The van der Waals surface area contributed by atoms with Crippen molar-refractivity contribution >= 4 is 30.7 Å². The lowest BCUT2D eigenvalue weighted by Gasteiger charge is -2.28. The van der Waals surface area contributed by atoms with Crippen LogP contribution in [0.15, 0.2) is 37.1 Å². The van der Waals surface area contributed by atoms with E-state index in [9.17, 15) is 4.79 Å². The molecule has 2 aliphatic rings. The molecule has 2 unspecified atom stereocenters. The highest BCUT2D eigenvalue weighted by atomic mass is 35.5. The molecule has 2 saturated heterocycles. The van der Waals surface area contributed by atoms with Crippen molar-refractivity contribution in [3.63, 3.8) is 0 Å². The maximum Gasteiger partial charge on any atom is 0.220 e. The number of carbonyl (C=O) groups excluding carboxylic acids is 1. The number of hydrogen-bond acceptors (Lipinski definition) is 4. The number of carbonyl (C=O) groups is 1. The van der Waals surface area contributed by atoms with Gasteiger partial charge in [-0.1, -0.05) is 0 Å². The first-order chi connectivity index (χ1) is 11.8. The maximum absolute atomic E-state index is 12.3. The molecule has 0 spiro atoms. The summed E-state index contributed by atoms with van der Waals surface area (Å²) in [4.78, 5) is 20.6. The highest BCUT2D eigenvalue weighted by Crippen LogP contribution is 2.32. The molecule has 2 aliphatic heterocycles. The van der Waals surface area contributed by atoms with Gasteiger partial charge >= 0.3 is 0 Å². The van der Waals surface area contributed by atoms with Crippen molar-refractivity contribution in [1.29, 1.82) is 0 Å². The lowest BCUT2D eigenvalue weighted by Crippen LogP contribution is -2.39. The molecule has 142 valence electrons. The zero-order valence-corrected chi connectivity index (χ0v) is 16.1. The molecule has 2 aromatic rings. The third-order valence-corrected chi connectivity index (χ3v) is 5.11. The fourth-order valence-corrected chi connectivity index (χ4v) is 3.98. The minimum atomic E-state index is 0. The molecule has 2 aromatic heterocycles. The van der Waals surface area contributed by atoms with Gasteiger partial charge in [0.2, 0.25) is 5.91 Å². The van der Waals surface area contributed by atoms with Crippen LogP contribution in [0.2, 0.25) is 0 Å². The van der Waals surface area contributed by atoms with Gasteiger partial charge in [0.05, 0.1) is 0 Å². The van der Waals surface area contributed by atoms with Gasteiger partial charge in [0, 0.05) is 43.6 Å². The fourth-order valence-electron chi connectivity index (χ4n) is 3.98. The Morgan fingerprint density at radius 2 is 2.00 bits per heavy atom. The van der Waals surface area contributed by atoms with Crippen LogP contribution in [0.3, 0.4) is 0 Å². The molecule has 2 bridgehead atoms. The van der Waals surface area contributed by atoms with Gasteiger partial charge in [-0.25, -0.2) is 9.97 Å². The van der Waals surface area contributed by atoms with Crippen LogP contribution < -0.4 is 10.6 Å². The monoisotopic (exact) mass is 397 g/mol. The van der Waals surface area contributed by atoms with Crippen molar-refractivity contribution in [2.75, 3.05) is 0 Å². The zero-order valence-electron chi connectivity index (χ0n) is 14.5. The quantitative estimate of drug-likeness (QED) is 0.813. The number of hydrogen-bond donors (Lipinski definition) is 2. The Balaban J connectivity index is 0.00000121. The molecule has 8 heteroatoms. The van der Waals surface area contributed by atoms with Crippen LogP contribution >= 0.6 is 24.8 Å². The molecule has 0 aromatic carbocycles. The number of piperidine rings is 1. The van der Waals surface area contributed by atoms with Crippen molar-refractivity contribution in [2.24, 2.45) is 5.92 Å². The summed E-state index contributed by atoms with van der Waals surface area (Å²) in [5.41, 5.74) is 1.05. The molecule has 4 rings (SSSR count). The molecule has 4 heterocycles. The van der Waals surface area contributed by atoms with E-state index in [4.69, 9.17) is 0 Å². The summed E-state index contributed by atoms with van der Waals surface area (Å²) in [6.45, 7) is 0.543. The molecule has 2 N–H and O–H groups in total. The molecule has 2 atom stereocenters. The maximum atomic E-state index is 12.3. The number of nitrogens with one attached hydrogen (secondary N) is 2. The molecule has 0 aliphatic carbocycles. The molecule has 26 heavy (non-hydrogen) atoms. The number of fused-ring (bicyclic) bond motifs is 2. The van der Waals surface area contributed by atoms with E-state index in [0.717, 1.165) is 24.2 Å². The molecule has 2 fully saturated rings. The first-order valence-electron chi connectivity index (χ1n) is 8.72. The minimum Gasteiger partial charge on any atom is -0.352 e. The Morgan fingerprint density at radius 3 is 2.69 bits per heavy atom. The first kappa shape index (κ1) is 20.7. The molecule has 0 radical (unpaired) electrons. The lowest BCUT2D eigenvalue weighted by molar-refractivity contribution is -0.122. The van der Waals surface area contributed by atoms with Crippen molar-refractivity contribution in [3.05, 3.63) is 42.6 Å². The van der Waals surface area contributed by atoms with E-state index in [0.29, 0.717) is 31.0 Å². The largest absolute Gasteiger partial charge is 0.352 e. The zero-order chi connectivity index (χ0) is 16.4. The van der Waals surface area contributed by atoms with Crippen LogP contribution in [0, 0.1) is 5.92 Å². The van der Waals surface area contributed by atoms with Crippen LogP contribution in [0.1, 0.15) is 37.7 Å². The van der Waals surface area contributed by atoms with E-state index in [1.165, 1.54) is 12.8 Å². The second-order valence-electron chi connectivity index (χ2n) is 6.95. The standard InChI is InChI=1S/C18H23N5O.2ClH/c24-18(10-14-7-15-1-2-16(8-14)22-15)21-11-13-3-4-20-17(9-13)23-6-5-19-12-23;;/h3-6,9,12,14-16,22H,1-2,7-8,10-11H2,(H,21,24);2*1H. The fraction of sp³-hybridized carbons (Fsp3) is 0.500. The molecule has 1 amide bonds. The van der Waals surface area contributed by atoms with Crippen LogP contribution in [0.4, 0.5) is 0 Å². The first-order valence-corrected chi connectivity index (χ1v) is 8.72. The Hall–Kier alpha value is -1.63. The Kier molecular flexibility index (Phi) is 7.43. The van der Waals surface area contributed by atoms with E-state index < -0.39 is 0 Å². The highest BCUT2D eigenvalue weighted by molar-refractivity contribution is 5.85. The SMILES string of the molecule is Cl.Cl.O=C(CC1CC2CCC(C1)N2)NCc1ccnc(-n2ccnc2)c1. The molecular formula is C18H25Cl2N5O. The topological polar surface area (TPSA) is 71.8 Å². The van der Waals surface area contributed by atoms with Gasteiger partial charge in [0.25, 0.3) is 0 Å². The molecule has 0 saturated carbocycles. The van der Waals surface area contributed by atoms with Crippen molar-refractivity contribution in [3.8, 4) is 5.82 Å². The minimum absolute atomic E-state index is 0. The second-order valence-corrected chi connectivity index (χ2v) is 6.95. The van der Waals surface area contributed by atoms with E-state index in [2.05, 4.69) is 20.6 Å². The summed E-state index contributed by atoms with van der Waals surface area (Å²) in [5, 5.41) is 6.68. The van der Waals surface area contributed by atoms with Crippen molar-refractivity contribution in [1.82, 2.24) is 25.2 Å². The lowest BCUT2D eigenvalue weighted by atomic mass is 9.89.